The van der Waals surface area contributed by atoms with Crippen LogP contribution in [0.25, 0.3) is 11.4 Å². The Balaban J connectivity index is 1.60. The number of rotatable bonds is 4. The largest absolute Gasteiger partial charge is 0.328 e. The van der Waals surface area contributed by atoms with Crippen molar-refractivity contribution in [2.24, 2.45) is 0 Å². The number of carbonyl (C=O) groups excluding carboxylic acids is 1. The molecule has 0 radical (unpaired) electrons. The van der Waals surface area contributed by atoms with E-state index >= 15 is 0 Å². The van der Waals surface area contributed by atoms with Gasteiger partial charge in [-0.3, -0.25) is 9.78 Å². The molecule has 1 aliphatic heterocycles. The summed E-state index contributed by atoms with van der Waals surface area (Å²) in [7, 11) is 0. The van der Waals surface area contributed by atoms with Gasteiger partial charge in [0.15, 0.2) is 5.82 Å². The first-order chi connectivity index (χ1) is 15.6. The third-order valence-electron chi connectivity index (χ3n) is 5.43. The van der Waals surface area contributed by atoms with Crippen LogP contribution in [-0.4, -0.2) is 25.7 Å². The average molecular weight is 422 g/mol. The van der Waals surface area contributed by atoms with Crippen LogP contribution in [-0.2, 0) is 4.79 Å². The molecular weight excluding hydrogens is 400 g/mol. The summed E-state index contributed by atoms with van der Waals surface area (Å²) in [5.41, 5.74) is 5.00. The third kappa shape index (κ3) is 3.65. The molecule has 2 aromatic carbocycles. The van der Waals surface area contributed by atoms with Gasteiger partial charge >= 0.3 is 0 Å². The molecule has 0 bridgehead atoms. The first kappa shape index (κ1) is 19.7. The van der Waals surface area contributed by atoms with Gasteiger partial charge in [0, 0.05) is 29.3 Å². The Labute approximate surface area is 185 Å². The van der Waals surface area contributed by atoms with E-state index in [1.807, 2.05) is 80.6 Å². The van der Waals surface area contributed by atoms with Gasteiger partial charge in [0.1, 0.15) is 6.04 Å². The first-order valence-electron chi connectivity index (χ1n) is 10.4. The van der Waals surface area contributed by atoms with E-state index < -0.39 is 6.04 Å². The number of hydrogen-bond donors (Lipinski definition) is 2. The van der Waals surface area contributed by atoms with Crippen molar-refractivity contribution in [3.63, 3.8) is 0 Å². The average Bonchev–Trinajstić information content (AvgIpc) is 3.23. The second-order valence-electron chi connectivity index (χ2n) is 7.74. The molecule has 1 unspecified atom stereocenters. The number of fused-ring (bicyclic) bond motifs is 1. The number of amides is 1. The molecule has 158 valence electrons. The van der Waals surface area contributed by atoms with Crippen molar-refractivity contribution in [3.8, 4) is 11.4 Å². The second-order valence-corrected chi connectivity index (χ2v) is 7.74. The van der Waals surface area contributed by atoms with Gasteiger partial charge < -0.3 is 10.6 Å². The number of anilines is 2. The molecule has 7 heteroatoms. The lowest BCUT2D eigenvalue weighted by atomic mass is 9.96. The molecule has 32 heavy (non-hydrogen) atoms. The fourth-order valence-corrected chi connectivity index (χ4v) is 3.93. The van der Waals surface area contributed by atoms with Crippen LogP contribution in [0.2, 0.25) is 0 Å². The molecule has 0 saturated carbocycles. The number of para-hydroxylation sites is 1. The normalized spacial score (nSPS) is 15.1. The van der Waals surface area contributed by atoms with Crippen LogP contribution >= 0.6 is 0 Å². The van der Waals surface area contributed by atoms with Crippen LogP contribution < -0.4 is 10.6 Å². The number of pyridine rings is 1. The van der Waals surface area contributed by atoms with E-state index in [0.29, 0.717) is 17.3 Å². The Morgan fingerprint density at radius 3 is 2.53 bits per heavy atom. The van der Waals surface area contributed by atoms with Gasteiger partial charge in [-0.1, -0.05) is 42.0 Å². The van der Waals surface area contributed by atoms with Crippen LogP contribution in [0.3, 0.4) is 0 Å². The molecule has 2 aromatic heterocycles. The van der Waals surface area contributed by atoms with Crippen molar-refractivity contribution >= 4 is 17.5 Å². The topological polar surface area (TPSA) is 84.7 Å². The number of aryl methyl sites for hydroxylation is 1. The molecule has 1 aliphatic rings. The summed E-state index contributed by atoms with van der Waals surface area (Å²) in [4.78, 5) is 22.3. The number of aromatic nitrogens is 4. The molecular formula is C25H22N6O. The summed E-state index contributed by atoms with van der Waals surface area (Å²) in [6.45, 7) is 3.92. The Morgan fingerprint density at radius 1 is 1.00 bits per heavy atom. The predicted octanol–water partition coefficient (Wildman–Crippen LogP) is 4.58. The number of allylic oxidation sites excluding steroid dienone is 1. The molecule has 5 rings (SSSR count). The summed E-state index contributed by atoms with van der Waals surface area (Å²) in [5.74, 6) is 1.01. The van der Waals surface area contributed by atoms with E-state index in [4.69, 9.17) is 10.1 Å². The maximum atomic E-state index is 13.4. The fraction of sp³-hybridized carbons (Fsp3) is 0.120. The van der Waals surface area contributed by atoms with Crippen LogP contribution in [0.1, 0.15) is 24.1 Å². The molecule has 2 N–H and O–H groups in total. The van der Waals surface area contributed by atoms with Crippen molar-refractivity contribution in [2.45, 2.75) is 19.9 Å². The minimum absolute atomic E-state index is 0.193. The van der Waals surface area contributed by atoms with Gasteiger partial charge in [-0.2, -0.15) is 4.98 Å². The number of nitrogens with one attached hydrogen (secondary N) is 2. The van der Waals surface area contributed by atoms with Gasteiger partial charge in [-0.15, -0.1) is 5.10 Å². The summed E-state index contributed by atoms with van der Waals surface area (Å²) in [6.07, 6.45) is 3.44. The van der Waals surface area contributed by atoms with Crippen LogP contribution in [0, 0.1) is 6.92 Å². The van der Waals surface area contributed by atoms with Crippen molar-refractivity contribution in [3.05, 3.63) is 102 Å². The van der Waals surface area contributed by atoms with Crippen molar-refractivity contribution in [2.75, 3.05) is 10.6 Å². The maximum absolute atomic E-state index is 13.4. The number of benzene rings is 2. The van der Waals surface area contributed by atoms with E-state index in [1.54, 1.807) is 17.1 Å². The van der Waals surface area contributed by atoms with Crippen molar-refractivity contribution in [1.29, 1.82) is 0 Å². The maximum Gasteiger partial charge on any atom is 0.255 e. The molecule has 1 amide bonds. The van der Waals surface area contributed by atoms with E-state index in [2.05, 4.69) is 15.6 Å². The molecule has 0 aliphatic carbocycles. The molecule has 3 heterocycles. The third-order valence-corrected chi connectivity index (χ3v) is 5.43. The smallest absolute Gasteiger partial charge is 0.255 e. The Morgan fingerprint density at radius 2 is 1.78 bits per heavy atom. The minimum Gasteiger partial charge on any atom is -0.328 e. The Bertz CT molecular complexity index is 1310. The minimum atomic E-state index is -0.441. The monoisotopic (exact) mass is 422 g/mol. The Kier molecular flexibility index (Phi) is 4.99. The van der Waals surface area contributed by atoms with Crippen LogP contribution in [0.15, 0.2) is 90.4 Å². The standard InChI is InChI=1S/C25H22N6O/c1-16-7-6-8-19(15-16)23-29-25-27-17(2)21(24(32)28-20-9-4-3-5-10-20)22(31(25)30-23)18-11-13-26-14-12-18/h3-15,22H,1-2H3,(H,28,32)(H,27,29,30). The fourth-order valence-electron chi connectivity index (χ4n) is 3.93. The lowest BCUT2D eigenvalue weighted by molar-refractivity contribution is -0.113. The number of nitrogens with zero attached hydrogens (tertiary/aromatic N) is 4. The van der Waals surface area contributed by atoms with Crippen LogP contribution in [0.4, 0.5) is 11.6 Å². The lowest BCUT2D eigenvalue weighted by Gasteiger charge is -2.28. The van der Waals surface area contributed by atoms with E-state index in [0.717, 1.165) is 28.1 Å². The molecule has 1 atom stereocenters. The highest BCUT2D eigenvalue weighted by atomic mass is 16.1. The van der Waals surface area contributed by atoms with Gasteiger partial charge in [0.25, 0.3) is 5.91 Å². The number of hydrogen-bond acceptors (Lipinski definition) is 5. The summed E-state index contributed by atoms with van der Waals surface area (Å²) in [6, 6.07) is 20.8. The molecule has 0 fully saturated rings. The quantitative estimate of drug-likeness (QED) is 0.503. The summed E-state index contributed by atoms with van der Waals surface area (Å²) in [5, 5.41) is 11.1. The zero-order valence-corrected chi connectivity index (χ0v) is 17.8. The highest BCUT2D eigenvalue weighted by molar-refractivity contribution is 6.06. The van der Waals surface area contributed by atoms with E-state index in [-0.39, 0.29) is 5.91 Å². The summed E-state index contributed by atoms with van der Waals surface area (Å²) < 4.78 is 1.78. The SMILES string of the molecule is CC1=C(C(=O)Nc2ccccc2)C(c2ccncc2)n2nc(-c3cccc(C)c3)nc2N1. The second kappa shape index (κ2) is 8.11. The molecule has 4 aromatic rings. The highest BCUT2D eigenvalue weighted by Crippen LogP contribution is 2.36. The lowest BCUT2D eigenvalue weighted by Crippen LogP contribution is -2.31. The Hall–Kier alpha value is -4.26. The predicted molar refractivity (Wildman–Crippen MR) is 124 cm³/mol. The zero-order chi connectivity index (χ0) is 22.1. The molecule has 0 saturated heterocycles. The molecule has 0 spiro atoms. The van der Waals surface area contributed by atoms with Crippen molar-refractivity contribution in [1.82, 2.24) is 19.7 Å². The van der Waals surface area contributed by atoms with Gasteiger partial charge in [-0.25, -0.2) is 4.68 Å². The van der Waals surface area contributed by atoms with E-state index in [9.17, 15) is 4.79 Å². The highest BCUT2D eigenvalue weighted by Gasteiger charge is 2.34. The summed E-state index contributed by atoms with van der Waals surface area (Å²) >= 11 is 0. The first-order valence-corrected chi connectivity index (χ1v) is 10.4. The van der Waals surface area contributed by atoms with Gasteiger partial charge in [0.05, 0.1) is 5.57 Å². The zero-order valence-electron chi connectivity index (χ0n) is 17.8. The van der Waals surface area contributed by atoms with Gasteiger partial charge in [0.2, 0.25) is 5.95 Å². The van der Waals surface area contributed by atoms with Crippen LogP contribution in [0.5, 0.6) is 0 Å². The van der Waals surface area contributed by atoms with Gasteiger partial charge in [-0.05, 0) is 49.7 Å². The molecule has 7 nitrogen and oxygen atoms in total. The van der Waals surface area contributed by atoms with E-state index in [1.165, 1.54) is 0 Å². The van der Waals surface area contributed by atoms with Crippen molar-refractivity contribution < 1.29 is 4.79 Å². The number of carbonyl (C=O) groups is 1.